The molecular weight excluding hydrogens is 329 g/mol. The summed E-state index contributed by atoms with van der Waals surface area (Å²) in [4.78, 5) is 15.5. The van der Waals surface area contributed by atoms with Crippen LogP contribution >= 0.6 is 15.9 Å². The van der Waals surface area contributed by atoms with Crippen molar-refractivity contribution in [1.29, 1.82) is 0 Å². The molecule has 0 saturated heterocycles. The van der Waals surface area contributed by atoms with E-state index < -0.39 is 11.8 Å². The third-order valence-corrected chi connectivity index (χ3v) is 3.18. The molecule has 5 nitrogen and oxygen atoms in total. The molecule has 7 heteroatoms. The number of nitrogens with zero attached hydrogens (tertiary/aromatic N) is 1. The smallest absolute Gasteiger partial charge is 0.340 e. The fraction of sp³-hybridized carbons (Fsp3) is 0.0769. The van der Waals surface area contributed by atoms with Crippen LogP contribution in [0.25, 0.3) is 0 Å². The first-order valence-corrected chi connectivity index (χ1v) is 6.36. The number of benzene rings is 1. The lowest BCUT2D eigenvalue weighted by atomic mass is 10.2. The van der Waals surface area contributed by atoms with Crippen LogP contribution in [0.1, 0.15) is 10.4 Å². The second-order valence-electron chi connectivity index (χ2n) is 3.90. The molecule has 2 rings (SSSR count). The van der Waals surface area contributed by atoms with Gasteiger partial charge in [0.15, 0.2) is 0 Å². The zero-order chi connectivity index (χ0) is 14.7. The van der Waals surface area contributed by atoms with Gasteiger partial charge in [0.25, 0.3) is 0 Å². The van der Waals surface area contributed by atoms with Crippen molar-refractivity contribution in [1.82, 2.24) is 4.98 Å². The van der Waals surface area contributed by atoms with E-state index in [1.54, 1.807) is 12.1 Å². The van der Waals surface area contributed by atoms with E-state index in [-0.39, 0.29) is 11.3 Å². The van der Waals surface area contributed by atoms with Crippen molar-refractivity contribution < 1.29 is 13.9 Å². The highest BCUT2D eigenvalue weighted by Gasteiger charge is 2.12. The van der Waals surface area contributed by atoms with Gasteiger partial charge in [0, 0.05) is 5.69 Å². The molecule has 0 spiro atoms. The third kappa shape index (κ3) is 3.05. The number of carbonyl (C=O) groups excluding carboxylic acids is 1. The molecule has 0 radical (unpaired) electrons. The minimum atomic E-state index is -0.560. The highest BCUT2D eigenvalue weighted by Crippen LogP contribution is 2.23. The zero-order valence-corrected chi connectivity index (χ0v) is 12.1. The highest BCUT2D eigenvalue weighted by atomic mass is 79.9. The molecular formula is C13H11BrFN3O2. The fourth-order valence-electron chi connectivity index (χ4n) is 1.54. The average Bonchev–Trinajstić information content (AvgIpc) is 2.44. The number of methoxy groups -OCH3 is 1. The molecule has 0 unspecified atom stereocenters. The summed E-state index contributed by atoms with van der Waals surface area (Å²) in [7, 11) is 1.26. The molecule has 2 aromatic rings. The Labute approximate surface area is 123 Å². The monoisotopic (exact) mass is 339 g/mol. The first kappa shape index (κ1) is 14.3. The quantitative estimate of drug-likeness (QED) is 0.840. The Balaban J connectivity index is 2.29. The van der Waals surface area contributed by atoms with E-state index in [0.717, 1.165) is 0 Å². The lowest BCUT2D eigenvalue weighted by Gasteiger charge is -2.09. The molecule has 0 atom stereocenters. The van der Waals surface area contributed by atoms with Crippen LogP contribution in [0.2, 0.25) is 0 Å². The molecule has 0 bridgehead atoms. The van der Waals surface area contributed by atoms with Gasteiger partial charge < -0.3 is 15.8 Å². The summed E-state index contributed by atoms with van der Waals surface area (Å²) in [6, 6.07) is 5.99. The molecule has 1 aromatic heterocycles. The van der Waals surface area contributed by atoms with E-state index in [2.05, 4.69) is 31.0 Å². The van der Waals surface area contributed by atoms with Crippen LogP contribution in [0.4, 0.5) is 21.6 Å². The summed E-state index contributed by atoms with van der Waals surface area (Å²) < 4.78 is 18.4. The maximum Gasteiger partial charge on any atom is 0.340 e. The number of carbonyl (C=O) groups is 1. The largest absolute Gasteiger partial charge is 0.465 e. The number of esters is 1. The van der Waals surface area contributed by atoms with Gasteiger partial charge in [0.2, 0.25) is 0 Å². The second kappa shape index (κ2) is 5.87. The molecule has 3 N–H and O–H groups in total. The van der Waals surface area contributed by atoms with Crippen LogP contribution < -0.4 is 11.1 Å². The predicted octanol–water partition coefficient (Wildman–Crippen LogP) is 3.10. The third-order valence-electron chi connectivity index (χ3n) is 2.53. The Hall–Kier alpha value is -2.15. The summed E-state index contributed by atoms with van der Waals surface area (Å²) in [6.45, 7) is 0. The van der Waals surface area contributed by atoms with Crippen molar-refractivity contribution >= 4 is 39.1 Å². The number of nitrogens with one attached hydrogen (secondary N) is 1. The van der Waals surface area contributed by atoms with E-state index in [4.69, 9.17) is 5.73 Å². The van der Waals surface area contributed by atoms with E-state index in [1.807, 2.05) is 0 Å². The van der Waals surface area contributed by atoms with Gasteiger partial charge in [-0.1, -0.05) is 0 Å². The molecule has 1 heterocycles. The van der Waals surface area contributed by atoms with E-state index in [1.165, 1.54) is 25.4 Å². The van der Waals surface area contributed by atoms with E-state index in [0.29, 0.717) is 16.0 Å². The topological polar surface area (TPSA) is 77.2 Å². The van der Waals surface area contributed by atoms with Crippen LogP contribution in [0, 0.1) is 5.82 Å². The molecule has 104 valence electrons. The van der Waals surface area contributed by atoms with Gasteiger partial charge in [-0.3, -0.25) is 0 Å². The first-order valence-electron chi connectivity index (χ1n) is 5.57. The molecule has 0 aliphatic rings. The lowest BCUT2D eigenvalue weighted by molar-refractivity contribution is 0.0602. The zero-order valence-electron chi connectivity index (χ0n) is 10.5. The predicted molar refractivity (Wildman–Crippen MR) is 77.4 cm³/mol. The van der Waals surface area contributed by atoms with Crippen molar-refractivity contribution in [2.24, 2.45) is 0 Å². The minimum absolute atomic E-state index is 0.197. The van der Waals surface area contributed by atoms with Crippen LogP contribution in [-0.4, -0.2) is 18.1 Å². The van der Waals surface area contributed by atoms with Crippen LogP contribution in [-0.2, 0) is 4.74 Å². The maximum absolute atomic E-state index is 13.4. The summed E-state index contributed by atoms with van der Waals surface area (Å²) in [5.74, 6) is -0.602. The number of rotatable bonds is 3. The van der Waals surface area contributed by atoms with Gasteiger partial charge in [-0.2, -0.15) is 0 Å². The van der Waals surface area contributed by atoms with Gasteiger partial charge >= 0.3 is 5.97 Å². The molecule has 1 aromatic carbocycles. The fourth-order valence-corrected chi connectivity index (χ4v) is 1.79. The number of nitrogen functional groups attached to an aromatic ring is 1. The maximum atomic E-state index is 13.4. The first-order chi connectivity index (χ1) is 9.51. The number of nitrogens with two attached hydrogens (primary N) is 1. The molecule has 0 fully saturated rings. The van der Waals surface area contributed by atoms with Crippen LogP contribution in [0.5, 0.6) is 0 Å². The number of pyridine rings is 1. The Kier molecular flexibility index (Phi) is 4.19. The Morgan fingerprint density at radius 3 is 2.85 bits per heavy atom. The number of anilines is 3. The standard InChI is InChI=1S/C13H11BrFN3O2/c1-20-13(19)8-5-12(17-6-11(8)16)18-7-2-3-9(14)10(15)4-7/h2-6H,16H2,1H3,(H,17,18). The summed E-state index contributed by atoms with van der Waals surface area (Å²) >= 11 is 3.07. The summed E-state index contributed by atoms with van der Waals surface area (Å²) in [5.41, 5.74) is 6.55. The van der Waals surface area contributed by atoms with Crippen molar-refractivity contribution in [3.8, 4) is 0 Å². The minimum Gasteiger partial charge on any atom is -0.465 e. The highest BCUT2D eigenvalue weighted by molar-refractivity contribution is 9.10. The lowest BCUT2D eigenvalue weighted by Crippen LogP contribution is -2.07. The van der Waals surface area contributed by atoms with Crippen molar-refractivity contribution in [2.45, 2.75) is 0 Å². The molecule has 0 aliphatic heterocycles. The van der Waals surface area contributed by atoms with Gasteiger partial charge in [-0.05, 0) is 40.2 Å². The van der Waals surface area contributed by atoms with Gasteiger partial charge in [0.05, 0.1) is 29.0 Å². The molecule has 0 saturated carbocycles. The average molecular weight is 340 g/mol. The van der Waals surface area contributed by atoms with Crippen molar-refractivity contribution in [3.05, 3.63) is 46.3 Å². The number of hydrogen-bond acceptors (Lipinski definition) is 5. The van der Waals surface area contributed by atoms with E-state index in [9.17, 15) is 9.18 Å². The number of hydrogen-bond donors (Lipinski definition) is 2. The van der Waals surface area contributed by atoms with Crippen molar-refractivity contribution in [3.63, 3.8) is 0 Å². The summed E-state index contributed by atoms with van der Waals surface area (Å²) in [6.07, 6.45) is 1.34. The Bertz CT molecular complexity index is 664. The number of ether oxygens (including phenoxy) is 1. The molecule has 0 aliphatic carbocycles. The SMILES string of the molecule is COC(=O)c1cc(Nc2ccc(Br)c(F)c2)ncc1N. The number of halogens is 2. The molecule has 0 amide bonds. The Morgan fingerprint density at radius 2 is 2.20 bits per heavy atom. The van der Waals surface area contributed by atoms with E-state index >= 15 is 0 Å². The summed E-state index contributed by atoms with van der Waals surface area (Å²) in [5, 5.41) is 2.88. The van der Waals surface area contributed by atoms with Gasteiger partial charge in [-0.15, -0.1) is 0 Å². The van der Waals surface area contributed by atoms with Crippen LogP contribution in [0.3, 0.4) is 0 Å². The van der Waals surface area contributed by atoms with Gasteiger partial charge in [-0.25, -0.2) is 14.2 Å². The second-order valence-corrected chi connectivity index (χ2v) is 4.76. The number of aromatic nitrogens is 1. The van der Waals surface area contributed by atoms with Gasteiger partial charge in [0.1, 0.15) is 11.6 Å². The normalized spacial score (nSPS) is 10.2. The van der Waals surface area contributed by atoms with Crippen LogP contribution in [0.15, 0.2) is 34.9 Å². The van der Waals surface area contributed by atoms with Crippen molar-refractivity contribution in [2.75, 3.05) is 18.2 Å². The molecule has 20 heavy (non-hydrogen) atoms. The Morgan fingerprint density at radius 1 is 1.45 bits per heavy atom.